The summed E-state index contributed by atoms with van der Waals surface area (Å²) in [5.41, 5.74) is 6.74. The van der Waals surface area contributed by atoms with Gasteiger partial charge in [0.15, 0.2) is 5.13 Å². The number of benzene rings is 2. The van der Waals surface area contributed by atoms with Crippen molar-refractivity contribution in [1.82, 2.24) is 15.8 Å². The van der Waals surface area contributed by atoms with Crippen molar-refractivity contribution in [3.8, 4) is 0 Å². The van der Waals surface area contributed by atoms with E-state index in [0.717, 1.165) is 18.2 Å². The normalized spacial score (nSPS) is 14.6. The summed E-state index contributed by atoms with van der Waals surface area (Å²) in [6.45, 7) is 2.72. The molecule has 2 amide bonds. The summed E-state index contributed by atoms with van der Waals surface area (Å²) in [4.78, 5) is 32.0. The standard InChI is InChI=1S/C22H22FN5O3S/c23-16-6-8-17(9-7-16)24-21(30)19(15-4-2-1-3-5-15)26-27-20(29)18-14-32-22(25-18)28-10-12-31-13-11-28/h1-9,14,19,26H,10-13H2,(H,24,30)(H,27,29)/t19-/m1/s1. The zero-order valence-corrected chi connectivity index (χ0v) is 17.9. The van der Waals surface area contributed by atoms with Gasteiger partial charge < -0.3 is 15.0 Å². The Morgan fingerprint density at radius 3 is 2.50 bits per heavy atom. The smallest absolute Gasteiger partial charge is 0.284 e. The first-order valence-electron chi connectivity index (χ1n) is 10.1. The molecule has 1 aromatic heterocycles. The first-order valence-corrected chi connectivity index (χ1v) is 10.9. The number of hydrazine groups is 1. The third-order valence-corrected chi connectivity index (χ3v) is 5.74. The van der Waals surface area contributed by atoms with E-state index in [0.29, 0.717) is 24.5 Å². The molecule has 166 valence electrons. The van der Waals surface area contributed by atoms with Gasteiger partial charge in [-0.2, -0.15) is 0 Å². The number of nitrogens with one attached hydrogen (secondary N) is 3. The minimum absolute atomic E-state index is 0.259. The predicted molar refractivity (Wildman–Crippen MR) is 120 cm³/mol. The molecule has 2 aromatic carbocycles. The van der Waals surface area contributed by atoms with Gasteiger partial charge in [0.05, 0.1) is 13.2 Å². The number of amides is 2. The van der Waals surface area contributed by atoms with Gasteiger partial charge in [0.1, 0.15) is 17.6 Å². The molecule has 3 aromatic rings. The summed E-state index contributed by atoms with van der Waals surface area (Å²) in [6.07, 6.45) is 0. The van der Waals surface area contributed by atoms with Crippen molar-refractivity contribution in [2.24, 2.45) is 0 Å². The Hall–Kier alpha value is -3.34. The number of hydrogen-bond acceptors (Lipinski definition) is 7. The quantitative estimate of drug-likeness (QED) is 0.474. The van der Waals surface area contributed by atoms with Crippen LogP contribution in [0.15, 0.2) is 60.0 Å². The lowest BCUT2D eigenvalue weighted by Crippen LogP contribution is -2.44. The number of nitrogens with zero attached hydrogens (tertiary/aromatic N) is 2. The number of aromatic nitrogens is 1. The lowest BCUT2D eigenvalue weighted by atomic mass is 10.1. The van der Waals surface area contributed by atoms with Crippen LogP contribution < -0.4 is 21.1 Å². The Labute approximate surface area is 188 Å². The topological polar surface area (TPSA) is 95.6 Å². The third kappa shape index (κ3) is 5.47. The molecule has 3 N–H and O–H groups in total. The van der Waals surface area contributed by atoms with Crippen molar-refractivity contribution in [3.63, 3.8) is 0 Å². The number of hydrogen-bond donors (Lipinski definition) is 3. The second-order valence-corrected chi connectivity index (χ2v) is 7.89. The van der Waals surface area contributed by atoms with Gasteiger partial charge in [0, 0.05) is 24.2 Å². The first kappa shape index (κ1) is 21.9. The van der Waals surface area contributed by atoms with Crippen LogP contribution in [0, 0.1) is 5.82 Å². The molecule has 0 saturated carbocycles. The van der Waals surface area contributed by atoms with Crippen molar-refractivity contribution in [1.29, 1.82) is 0 Å². The zero-order chi connectivity index (χ0) is 22.3. The number of carbonyl (C=O) groups excluding carboxylic acids is 2. The number of halogens is 1. The lowest BCUT2D eigenvalue weighted by Gasteiger charge is -2.26. The number of morpholine rings is 1. The SMILES string of the molecule is O=C(NN[C@@H](C(=O)Nc1ccc(F)cc1)c1ccccc1)c1csc(N2CCOCC2)n1. The molecule has 0 radical (unpaired) electrons. The van der Waals surface area contributed by atoms with Gasteiger partial charge in [-0.1, -0.05) is 30.3 Å². The number of ether oxygens (including phenoxy) is 1. The molecule has 1 atom stereocenters. The maximum Gasteiger partial charge on any atom is 0.284 e. The Morgan fingerprint density at radius 2 is 1.78 bits per heavy atom. The summed E-state index contributed by atoms with van der Waals surface area (Å²) in [7, 11) is 0. The average molecular weight is 456 g/mol. The second-order valence-electron chi connectivity index (χ2n) is 7.05. The van der Waals surface area contributed by atoms with Crippen molar-refractivity contribution in [3.05, 3.63) is 77.1 Å². The molecule has 1 aliphatic heterocycles. The van der Waals surface area contributed by atoms with Crippen LogP contribution in [-0.2, 0) is 9.53 Å². The van der Waals surface area contributed by atoms with Gasteiger partial charge in [0.25, 0.3) is 5.91 Å². The van der Waals surface area contributed by atoms with Crippen molar-refractivity contribution in [2.75, 3.05) is 36.5 Å². The summed E-state index contributed by atoms with van der Waals surface area (Å²) >= 11 is 1.38. The highest BCUT2D eigenvalue weighted by Gasteiger charge is 2.23. The monoisotopic (exact) mass is 455 g/mol. The molecule has 1 fully saturated rings. The summed E-state index contributed by atoms with van der Waals surface area (Å²) in [6, 6.07) is 13.6. The fraction of sp³-hybridized carbons (Fsp3) is 0.227. The summed E-state index contributed by atoms with van der Waals surface area (Å²) in [5, 5.41) is 5.16. The van der Waals surface area contributed by atoms with E-state index < -0.39 is 23.7 Å². The number of rotatable bonds is 7. The molecule has 0 bridgehead atoms. The van der Waals surface area contributed by atoms with Crippen LogP contribution in [-0.4, -0.2) is 43.1 Å². The predicted octanol–water partition coefficient (Wildman–Crippen LogP) is 2.73. The molecular formula is C22H22FN5O3S. The average Bonchev–Trinajstić information content (AvgIpc) is 3.32. The van der Waals surface area contributed by atoms with E-state index in [9.17, 15) is 14.0 Å². The molecule has 1 saturated heterocycles. The van der Waals surface area contributed by atoms with Crippen LogP contribution in [0.4, 0.5) is 15.2 Å². The number of anilines is 2. The lowest BCUT2D eigenvalue weighted by molar-refractivity contribution is -0.118. The molecule has 32 heavy (non-hydrogen) atoms. The van der Waals surface area contributed by atoms with Crippen LogP contribution in [0.5, 0.6) is 0 Å². The van der Waals surface area contributed by atoms with Crippen LogP contribution in [0.3, 0.4) is 0 Å². The molecule has 8 nitrogen and oxygen atoms in total. The Morgan fingerprint density at radius 1 is 1.06 bits per heavy atom. The van der Waals surface area contributed by atoms with Crippen LogP contribution in [0.25, 0.3) is 0 Å². The van der Waals surface area contributed by atoms with Gasteiger partial charge in [-0.05, 0) is 29.8 Å². The fourth-order valence-electron chi connectivity index (χ4n) is 3.16. The molecule has 0 unspecified atom stereocenters. The van der Waals surface area contributed by atoms with E-state index >= 15 is 0 Å². The fourth-order valence-corrected chi connectivity index (χ4v) is 4.02. The molecular weight excluding hydrogens is 433 g/mol. The third-order valence-electron chi connectivity index (χ3n) is 4.84. The van der Waals surface area contributed by atoms with Crippen LogP contribution in [0.1, 0.15) is 22.1 Å². The highest BCUT2D eigenvalue weighted by Crippen LogP contribution is 2.21. The van der Waals surface area contributed by atoms with E-state index in [1.54, 1.807) is 29.6 Å². The van der Waals surface area contributed by atoms with Crippen LogP contribution in [0.2, 0.25) is 0 Å². The molecule has 2 heterocycles. The first-order chi connectivity index (χ1) is 15.6. The minimum Gasteiger partial charge on any atom is -0.378 e. The van der Waals surface area contributed by atoms with Gasteiger partial charge in [-0.25, -0.2) is 14.8 Å². The number of carbonyl (C=O) groups is 2. The van der Waals surface area contributed by atoms with Gasteiger partial charge in [0.2, 0.25) is 5.91 Å². The van der Waals surface area contributed by atoms with Gasteiger partial charge in [-0.15, -0.1) is 11.3 Å². The van der Waals surface area contributed by atoms with E-state index in [1.807, 2.05) is 6.07 Å². The van der Waals surface area contributed by atoms with E-state index in [2.05, 4.69) is 26.1 Å². The zero-order valence-electron chi connectivity index (χ0n) is 17.1. The van der Waals surface area contributed by atoms with E-state index in [4.69, 9.17) is 4.74 Å². The van der Waals surface area contributed by atoms with E-state index in [1.165, 1.54) is 35.6 Å². The van der Waals surface area contributed by atoms with E-state index in [-0.39, 0.29) is 5.69 Å². The highest BCUT2D eigenvalue weighted by atomic mass is 32.1. The summed E-state index contributed by atoms with van der Waals surface area (Å²) < 4.78 is 18.5. The Kier molecular flexibility index (Phi) is 7.05. The largest absolute Gasteiger partial charge is 0.378 e. The minimum atomic E-state index is -0.873. The van der Waals surface area contributed by atoms with Crippen molar-refractivity contribution < 1.29 is 18.7 Å². The summed E-state index contributed by atoms with van der Waals surface area (Å²) in [5.74, 6) is -1.25. The highest BCUT2D eigenvalue weighted by molar-refractivity contribution is 7.13. The molecule has 10 heteroatoms. The Balaban J connectivity index is 1.43. The van der Waals surface area contributed by atoms with Crippen LogP contribution >= 0.6 is 11.3 Å². The second kappa shape index (κ2) is 10.3. The molecule has 0 aliphatic carbocycles. The number of thiazole rings is 1. The molecule has 4 rings (SSSR count). The Bertz CT molecular complexity index is 1050. The molecule has 0 spiro atoms. The van der Waals surface area contributed by atoms with Gasteiger partial charge in [-0.3, -0.25) is 15.0 Å². The maximum atomic E-state index is 13.2. The molecule has 1 aliphatic rings. The van der Waals surface area contributed by atoms with Gasteiger partial charge >= 0.3 is 0 Å². The maximum absolute atomic E-state index is 13.2. The van der Waals surface area contributed by atoms with Crippen molar-refractivity contribution >= 4 is 34.0 Å². The van der Waals surface area contributed by atoms with Crippen molar-refractivity contribution in [2.45, 2.75) is 6.04 Å².